The van der Waals surface area contributed by atoms with Gasteiger partial charge in [-0.2, -0.15) is 0 Å². The van der Waals surface area contributed by atoms with E-state index in [9.17, 15) is 0 Å². The van der Waals surface area contributed by atoms with E-state index < -0.39 is 0 Å². The Balaban J connectivity index is 1.94. The largest absolute Gasteiger partial charge is 0.356 e. The smallest absolute Gasteiger partial charge is 0.171 e. The summed E-state index contributed by atoms with van der Waals surface area (Å²) in [4.78, 5) is 0. The molecule has 2 nitrogen and oxygen atoms in total. The molecule has 116 valence electrons. The van der Waals surface area contributed by atoms with Crippen molar-refractivity contribution in [3.05, 3.63) is 65.2 Å². The molecule has 0 aliphatic heterocycles. The lowest BCUT2D eigenvalue weighted by molar-refractivity contribution is 0.721. The summed E-state index contributed by atoms with van der Waals surface area (Å²) < 4.78 is 0. The predicted molar refractivity (Wildman–Crippen MR) is 99.4 cm³/mol. The highest BCUT2D eigenvalue weighted by molar-refractivity contribution is 7.80. The van der Waals surface area contributed by atoms with Crippen molar-refractivity contribution < 1.29 is 0 Å². The zero-order valence-corrected chi connectivity index (χ0v) is 14.3. The molecule has 0 radical (unpaired) electrons. The summed E-state index contributed by atoms with van der Waals surface area (Å²) in [6.07, 6.45) is 2.31. The van der Waals surface area contributed by atoms with Crippen molar-refractivity contribution in [2.24, 2.45) is 0 Å². The van der Waals surface area contributed by atoms with Crippen LogP contribution in [-0.2, 0) is 6.42 Å². The molecule has 0 saturated carbocycles. The number of aryl methyl sites for hydroxylation is 2. The fraction of sp³-hybridized carbons (Fsp3) is 0.316. The zero-order chi connectivity index (χ0) is 15.9. The maximum atomic E-state index is 5.42. The molecular formula is C19H24N2S. The highest BCUT2D eigenvalue weighted by Crippen LogP contribution is 2.16. The van der Waals surface area contributed by atoms with Crippen LogP contribution in [-0.4, -0.2) is 5.11 Å². The lowest BCUT2D eigenvalue weighted by Gasteiger charge is -2.18. The molecule has 3 heteroatoms. The van der Waals surface area contributed by atoms with Crippen LogP contribution in [0.3, 0.4) is 0 Å². The first kappa shape index (κ1) is 16.5. The van der Waals surface area contributed by atoms with E-state index in [0.29, 0.717) is 5.11 Å². The Morgan fingerprint density at radius 3 is 2.41 bits per heavy atom. The molecular weight excluding hydrogens is 288 g/mol. The molecule has 0 aliphatic carbocycles. The second-order valence-electron chi connectivity index (χ2n) is 5.63. The minimum Gasteiger partial charge on any atom is -0.356 e. The number of nitrogens with one attached hydrogen (secondary N) is 2. The summed E-state index contributed by atoms with van der Waals surface area (Å²) in [5.74, 6) is 0. The maximum Gasteiger partial charge on any atom is 0.171 e. The first-order valence-corrected chi connectivity index (χ1v) is 8.23. The molecule has 0 aromatic heterocycles. The third-order valence-electron chi connectivity index (χ3n) is 3.76. The van der Waals surface area contributed by atoms with Gasteiger partial charge in [-0.1, -0.05) is 55.8 Å². The zero-order valence-electron chi connectivity index (χ0n) is 13.5. The van der Waals surface area contributed by atoms with Gasteiger partial charge in [0.05, 0.1) is 6.04 Å². The first-order valence-electron chi connectivity index (χ1n) is 7.82. The molecule has 1 unspecified atom stereocenters. The average Bonchev–Trinajstić information content (AvgIpc) is 2.50. The molecule has 0 heterocycles. The van der Waals surface area contributed by atoms with Crippen molar-refractivity contribution in [3.8, 4) is 0 Å². The second-order valence-corrected chi connectivity index (χ2v) is 6.03. The second kappa shape index (κ2) is 7.95. The van der Waals surface area contributed by atoms with E-state index in [1.54, 1.807) is 0 Å². The Bertz CT molecular complexity index is 620. The number of para-hydroxylation sites is 1. The number of thiocarbonyl (C=S) groups is 1. The van der Waals surface area contributed by atoms with Crippen LogP contribution in [0.2, 0.25) is 0 Å². The fourth-order valence-corrected chi connectivity index (χ4v) is 2.70. The highest BCUT2D eigenvalue weighted by Gasteiger charge is 2.08. The van der Waals surface area contributed by atoms with E-state index in [-0.39, 0.29) is 6.04 Å². The van der Waals surface area contributed by atoms with Crippen LogP contribution in [0, 0.1) is 6.92 Å². The highest BCUT2D eigenvalue weighted by atomic mass is 32.1. The van der Waals surface area contributed by atoms with Gasteiger partial charge in [0.1, 0.15) is 0 Å². The van der Waals surface area contributed by atoms with E-state index in [2.05, 4.69) is 61.7 Å². The predicted octanol–water partition coefficient (Wildman–Crippen LogP) is 5.00. The van der Waals surface area contributed by atoms with Crippen molar-refractivity contribution in [1.82, 2.24) is 5.32 Å². The topological polar surface area (TPSA) is 24.1 Å². The third kappa shape index (κ3) is 4.57. The van der Waals surface area contributed by atoms with Crippen LogP contribution < -0.4 is 10.6 Å². The van der Waals surface area contributed by atoms with Gasteiger partial charge in [-0.3, -0.25) is 0 Å². The lowest BCUT2D eigenvalue weighted by Crippen LogP contribution is -2.31. The minimum absolute atomic E-state index is 0.180. The molecule has 0 saturated heterocycles. The number of hydrogen-bond donors (Lipinski definition) is 2. The van der Waals surface area contributed by atoms with Gasteiger partial charge in [0, 0.05) is 5.69 Å². The van der Waals surface area contributed by atoms with Gasteiger partial charge in [0.2, 0.25) is 0 Å². The molecule has 2 aromatic carbocycles. The molecule has 1 atom stereocenters. The van der Waals surface area contributed by atoms with Crippen molar-refractivity contribution in [2.75, 3.05) is 5.32 Å². The summed E-state index contributed by atoms with van der Waals surface area (Å²) in [6.45, 7) is 6.40. The molecule has 0 spiro atoms. The summed E-state index contributed by atoms with van der Waals surface area (Å²) in [5, 5.41) is 7.26. The summed E-state index contributed by atoms with van der Waals surface area (Å²) in [6, 6.07) is 17.1. The Hall–Kier alpha value is -1.87. The molecule has 0 aliphatic rings. The van der Waals surface area contributed by atoms with Gasteiger partial charge in [0.25, 0.3) is 0 Å². The van der Waals surface area contributed by atoms with Gasteiger partial charge < -0.3 is 10.6 Å². The summed E-state index contributed by atoms with van der Waals surface area (Å²) in [7, 11) is 0. The Kier molecular flexibility index (Phi) is 5.96. The number of hydrogen-bond acceptors (Lipinski definition) is 1. The van der Waals surface area contributed by atoms with Gasteiger partial charge in [0.15, 0.2) is 5.11 Å². The average molecular weight is 312 g/mol. The summed E-state index contributed by atoms with van der Waals surface area (Å²) >= 11 is 5.42. The van der Waals surface area contributed by atoms with E-state index in [4.69, 9.17) is 12.2 Å². The van der Waals surface area contributed by atoms with Gasteiger partial charge in [-0.15, -0.1) is 0 Å². The van der Waals surface area contributed by atoms with Crippen LogP contribution >= 0.6 is 12.2 Å². The fourth-order valence-electron chi connectivity index (χ4n) is 2.41. The van der Waals surface area contributed by atoms with Crippen molar-refractivity contribution in [2.45, 2.75) is 39.7 Å². The van der Waals surface area contributed by atoms with Crippen molar-refractivity contribution >= 4 is 23.0 Å². The van der Waals surface area contributed by atoms with Crippen molar-refractivity contribution in [1.29, 1.82) is 0 Å². The molecule has 2 rings (SSSR count). The number of rotatable bonds is 5. The quantitative estimate of drug-likeness (QED) is 0.760. The molecule has 0 fully saturated rings. The molecule has 2 N–H and O–H groups in total. The molecule has 0 amide bonds. The maximum absolute atomic E-state index is 5.42. The first-order chi connectivity index (χ1) is 10.6. The Morgan fingerprint density at radius 2 is 1.77 bits per heavy atom. The standard InChI is InChI=1S/C19H24N2S/c1-4-7-16-10-12-17(13-11-16)15(3)20-19(22)21-18-9-6-5-8-14(18)2/h5-6,8-13,15H,4,7H2,1-3H3,(H2,20,21,22). The van der Waals surface area contributed by atoms with E-state index in [1.807, 2.05) is 18.2 Å². The lowest BCUT2D eigenvalue weighted by atomic mass is 10.0. The van der Waals surface area contributed by atoms with Crippen LogP contribution in [0.1, 0.15) is 43.0 Å². The van der Waals surface area contributed by atoms with Gasteiger partial charge in [-0.05, 0) is 55.2 Å². The van der Waals surface area contributed by atoms with Gasteiger partial charge >= 0.3 is 0 Å². The van der Waals surface area contributed by atoms with Crippen LogP contribution in [0.4, 0.5) is 5.69 Å². The number of anilines is 1. The Morgan fingerprint density at radius 1 is 1.09 bits per heavy atom. The molecule has 22 heavy (non-hydrogen) atoms. The monoisotopic (exact) mass is 312 g/mol. The molecule has 2 aromatic rings. The van der Waals surface area contributed by atoms with Crippen LogP contribution in [0.15, 0.2) is 48.5 Å². The van der Waals surface area contributed by atoms with Crippen molar-refractivity contribution in [3.63, 3.8) is 0 Å². The molecule has 0 bridgehead atoms. The van der Waals surface area contributed by atoms with Crippen LogP contribution in [0.5, 0.6) is 0 Å². The van der Waals surface area contributed by atoms with Gasteiger partial charge in [-0.25, -0.2) is 0 Å². The Labute approximate surface area is 139 Å². The summed E-state index contributed by atoms with van der Waals surface area (Å²) in [5.41, 5.74) is 4.86. The van der Waals surface area contributed by atoms with E-state index in [1.165, 1.54) is 23.1 Å². The van der Waals surface area contributed by atoms with E-state index >= 15 is 0 Å². The van der Waals surface area contributed by atoms with Crippen LogP contribution in [0.25, 0.3) is 0 Å². The SMILES string of the molecule is CCCc1ccc(C(C)NC(=S)Nc2ccccc2C)cc1. The normalized spacial score (nSPS) is 11.8. The third-order valence-corrected chi connectivity index (χ3v) is 3.98. The van der Waals surface area contributed by atoms with E-state index in [0.717, 1.165) is 12.1 Å². The number of benzene rings is 2. The minimum atomic E-state index is 0.180.